The quantitative estimate of drug-likeness (QED) is 0.244. The van der Waals surface area contributed by atoms with Crippen LogP contribution in [0.5, 0.6) is 0 Å². The number of rotatable bonds is 6. The molecule has 1 aliphatic heterocycles. The fraction of sp³-hybridized carbons (Fsp3) is 0.185. The number of hydrogen-bond donors (Lipinski definition) is 2. The van der Waals surface area contributed by atoms with Crippen LogP contribution in [0.25, 0.3) is 16.9 Å². The number of aryl methyl sites for hydroxylation is 1. The number of nitrogens with one attached hydrogen (secondary N) is 2. The van der Waals surface area contributed by atoms with Gasteiger partial charge in [0.1, 0.15) is 29.2 Å². The van der Waals surface area contributed by atoms with E-state index in [4.69, 9.17) is 0 Å². The largest absolute Gasteiger partial charge is 0.372 e. The van der Waals surface area contributed by atoms with E-state index in [9.17, 15) is 8.78 Å². The van der Waals surface area contributed by atoms with Gasteiger partial charge < -0.3 is 14.9 Å². The predicted molar refractivity (Wildman–Crippen MR) is 146 cm³/mol. The molecule has 5 aromatic rings. The Kier molecular flexibility index (Phi) is 6.47. The molecule has 0 amide bonds. The first kappa shape index (κ1) is 25.0. The number of aromatic nitrogens is 5. The number of pyridine rings is 1. The second kappa shape index (κ2) is 10.1. The molecule has 0 atom stereocenters. The van der Waals surface area contributed by atoms with Gasteiger partial charge in [0.15, 0.2) is 17.5 Å². The smallest absolute Gasteiger partial charge is 0.173 e. The van der Waals surface area contributed by atoms with Crippen molar-refractivity contribution in [2.45, 2.75) is 24.7 Å². The lowest BCUT2D eigenvalue weighted by Gasteiger charge is -2.22. The maximum absolute atomic E-state index is 15.5. The normalized spacial score (nSPS) is 13.0. The molecule has 3 aromatic heterocycles. The number of fused-ring (bicyclic) bond motifs is 2. The standard InChI is InChI=1S/C27H23F3N8S/c1-15-16(28)5-3-7-22(15)39-36-19-9-8-17(29)25(24(19)30)34-27-26-20(31-14-32-27)10-11-23(33-26)38-13-21-18(35-38)6-4-12-37(21)2/h3,5,7-11,13-14,36H,4,6,12H2,1-2H3,(H,31,32,34). The van der Waals surface area contributed by atoms with Gasteiger partial charge in [0.2, 0.25) is 0 Å². The molecule has 2 aromatic carbocycles. The molecule has 0 bridgehead atoms. The molecule has 0 saturated heterocycles. The molecule has 0 saturated carbocycles. The maximum Gasteiger partial charge on any atom is 0.173 e. The Morgan fingerprint density at radius 2 is 1.87 bits per heavy atom. The van der Waals surface area contributed by atoms with E-state index in [0.717, 1.165) is 48.8 Å². The van der Waals surface area contributed by atoms with E-state index in [2.05, 4.69) is 35.0 Å². The molecule has 1 aliphatic rings. The molecular weight excluding hydrogens is 525 g/mol. The highest BCUT2D eigenvalue weighted by molar-refractivity contribution is 8.00. The predicted octanol–water partition coefficient (Wildman–Crippen LogP) is 6.18. The van der Waals surface area contributed by atoms with E-state index in [0.29, 0.717) is 27.3 Å². The molecule has 0 radical (unpaired) electrons. The Hall–Kier alpha value is -4.32. The van der Waals surface area contributed by atoms with Gasteiger partial charge in [-0.3, -0.25) is 0 Å². The summed E-state index contributed by atoms with van der Waals surface area (Å²) in [7, 11) is 2.03. The first-order chi connectivity index (χ1) is 18.9. The van der Waals surface area contributed by atoms with Crippen LogP contribution in [0.1, 0.15) is 17.7 Å². The second-order valence-corrected chi connectivity index (χ2v) is 10.0. The van der Waals surface area contributed by atoms with E-state index in [1.54, 1.807) is 35.9 Å². The van der Waals surface area contributed by atoms with Gasteiger partial charge in [0, 0.05) is 24.1 Å². The fourth-order valence-corrected chi connectivity index (χ4v) is 5.22. The van der Waals surface area contributed by atoms with Gasteiger partial charge >= 0.3 is 0 Å². The summed E-state index contributed by atoms with van der Waals surface area (Å²) in [6.45, 7) is 2.59. The summed E-state index contributed by atoms with van der Waals surface area (Å²) in [5.41, 5.74) is 2.91. The van der Waals surface area contributed by atoms with Gasteiger partial charge in [0.25, 0.3) is 0 Å². The molecule has 0 spiro atoms. The van der Waals surface area contributed by atoms with Gasteiger partial charge in [0.05, 0.1) is 28.8 Å². The van der Waals surface area contributed by atoms with Crippen LogP contribution in [0.2, 0.25) is 0 Å². The fourth-order valence-electron chi connectivity index (χ4n) is 4.44. The average Bonchev–Trinajstić information content (AvgIpc) is 3.38. The van der Waals surface area contributed by atoms with Crippen LogP contribution in [0, 0.1) is 24.4 Å². The lowest BCUT2D eigenvalue weighted by atomic mass is 10.1. The van der Waals surface area contributed by atoms with Crippen molar-refractivity contribution in [1.82, 2.24) is 24.7 Å². The zero-order chi connectivity index (χ0) is 27.1. The zero-order valence-electron chi connectivity index (χ0n) is 21.0. The summed E-state index contributed by atoms with van der Waals surface area (Å²) in [6, 6.07) is 10.6. The highest BCUT2D eigenvalue weighted by atomic mass is 32.2. The SMILES string of the molecule is Cc1c(F)cccc1SNc1ccc(F)c(Nc2ncnc3ccc(-n4cc5c(n4)CCCN5C)nc23)c1F. The molecule has 8 nitrogen and oxygen atoms in total. The second-order valence-electron chi connectivity index (χ2n) is 9.17. The summed E-state index contributed by atoms with van der Waals surface area (Å²) in [5, 5.41) is 7.45. The van der Waals surface area contributed by atoms with Crippen molar-refractivity contribution in [2.75, 3.05) is 28.5 Å². The summed E-state index contributed by atoms with van der Waals surface area (Å²) in [4.78, 5) is 15.9. The Morgan fingerprint density at radius 3 is 2.72 bits per heavy atom. The van der Waals surface area contributed by atoms with Crippen LogP contribution in [-0.4, -0.2) is 38.3 Å². The molecule has 0 aliphatic carbocycles. The summed E-state index contributed by atoms with van der Waals surface area (Å²) < 4.78 is 48.7. The molecule has 2 N–H and O–H groups in total. The van der Waals surface area contributed by atoms with E-state index >= 15 is 4.39 Å². The Labute approximate surface area is 226 Å². The molecule has 0 unspecified atom stereocenters. The first-order valence-electron chi connectivity index (χ1n) is 12.2. The number of benzene rings is 2. The van der Waals surface area contributed by atoms with E-state index in [1.165, 1.54) is 18.5 Å². The van der Waals surface area contributed by atoms with E-state index in [1.807, 2.05) is 13.2 Å². The third kappa shape index (κ3) is 4.71. The van der Waals surface area contributed by atoms with Crippen molar-refractivity contribution in [1.29, 1.82) is 0 Å². The highest BCUT2D eigenvalue weighted by Crippen LogP contribution is 2.33. The van der Waals surface area contributed by atoms with Crippen LogP contribution in [0.3, 0.4) is 0 Å². The van der Waals surface area contributed by atoms with Crippen molar-refractivity contribution in [2.24, 2.45) is 0 Å². The van der Waals surface area contributed by atoms with Crippen molar-refractivity contribution in [3.63, 3.8) is 0 Å². The van der Waals surface area contributed by atoms with Crippen LogP contribution in [0.15, 0.2) is 59.9 Å². The van der Waals surface area contributed by atoms with E-state index < -0.39 is 17.3 Å². The average molecular weight is 549 g/mol. The van der Waals surface area contributed by atoms with Crippen molar-refractivity contribution >= 4 is 45.9 Å². The van der Waals surface area contributed by atoms with E-state index in [-0.39, 0.29) is 17.3 Å². The van der Waals surface area contributed by atoms with Gasteiger partial charge in [-0.2, -0.15) is 5.10 Å². The Bertz CT molecular complexity index is 1710. The van der Waals surface area contributed by atoms with Crippen LogP contribution in [-0.2, 0) is 6.42 Å². The molecule has 198 valence electrons. The molecule has 6 rings (SSSR count). The van der Waals surface area contributed by atoms with Crippen molar-refractivity contribution in [3.05, 3.63) is 83.7 Å². The lowest BCUT2D eigenvalue weighted by molar-refractivity contribution is 0.593. The van der Waals surface area contributed by atoms with Gasteiger partial charge in [-0.05, 0) is 68.1 Å². The molecule has 4 heterocycles. The summed E-state index contributed by atoms with van der Waals surface area (Å²) in [6.07, 6.45) is 5.13. The minimum atomic E-state index is -0.859. The third-order valence-corrected chi connectivity index (χ3v) is 7.60. The van der Waals surface area contributed by atoms with Crippen molar-refractivity contribution in [3.8, 4) is 5.82 Å². The topological polar surface area (TPSA) is 83.8 Å². The minimum Gasteiger partial charge on any atom is -0.372 e. The zero-order valence-corrected chi connectivity index (χ0v) is 21.9. The maximum atomic E-state index is 15.5. The Morgan fingerprint density at radius 1 is 1.00 bits per heavy atom. The van der Waals surface area contributed by atoms with Gasteiger partial charge in [-0.1, -0.05) is 6.07 Å². The van der Waals surface area contributed by atoms with Crippen LogP contribution >= 0.6 is 11.9 Å². The number of halogens is 3. The monoisotopic (exact) mass is 548 g/mol. The molecule has 0 fully saturated rings. The molecule has 39 heavy (non-hydrogen) atoms. The number of nitrogens with zero attached hydrogens (tertiary/aromatic N) is 6. The number of hydrogen-bond acceptors (Lipinski definition) is 8. The first-order valence-corrected chi connectivity index (χ1v) is 13.1. The number of anilines is 4. The third-order valence-electron chi connectivity index (χ3n) is 6.61. The summed E-state index contributed by atoms with van der Waals surface area (Å²) in [5.74, 6) is -1.37. The molecule has 12 heteroatoms. The highest BCUT2D eigenvalue weighted by Gasteiger charge is 2.20. The van der Waals surface area contributed by atoms with Crippen LogP contribution < -0.4 is 14.9 Å². The Balaban J connectivity index is 1.32. The van der Waals surface area contributed by atoms with Crippen molar-refractivity contribution < 1.29 is 13.2 Å². The lowest BCUT2D eigenvalue weighted by Crippen LogP contribution is -2.23. The van der Waals surface area contributed by atoms with Gasteiger partial charge in [-0.25, -0.2) is 32.8 Å². The van der Waals surface area contributed by atoms with Crippen LogP contribution in [0.4, 0.5) is 36.1 Å². The minimum absolute atomic E-state index is 0.0193. The summed E-state index contributed by atoms with van der Waals surface area (Å²) >= 11 is 1.03. The molecular formula is C27H23F3N8S. The van der Waals surface area contributed by atoms with Gasteiger partial charge in [-0.15, -0.1) is 0 Å².